The van der Waals surface area contributed by atoms with Crippen LogP contribution in [0.2, 0.25) is 0 Å². The van der Waals surface area contributed by atoms with Crippen LogP contribution in [-0.4, -0.2) is 29.1 Å². The standard InChI is InChI=1S/C44H28N6/c1-2-9-29(10-3-1)30-15-19-33(20-16-30)49-39-13-6-4-11-34(39)36-27-31(17-21-41(36)49)32-18-22-42-37(28-32)35-12-5-7-14-40(35)50(42)44-47-26-23-38(48-44)43-45-24-8-25-46-43/h1-28H. The van der Waals surface area contributed by atoms with Gasteiger partial charge in [-0.1, -0.05) is 91.0 Å². The van der Waals surface area contributed by atoms with E-state index in [0.29, 0.717) is 17.5 Å². The molecule has 0 N–H and O–H groups in total. The predicted molar refractivity (Wildman–Crippen MR) is 203 cm³/mol. The number of para-hydroxylation sites is 2. The molecule has 6 heteroatoms. The number of fused-ring (bicyclic) bond motifs is 6. The van der Waals surface area contributed by atoms with Crippen molar-refractivity contribution in [1.82, 2.24) is 29.1 Å². The highest BCUT2D eigenvalue weighted by atomic mass is 15.2. The molecular weight excluding hydrogens is 613 g/mol. The van der Waals surface area contributed by atoms with Gasteiger partial charge in [0.1, 0.15) is 5.69 Å². The average molecular weight is 641 g/mol. The molecule has 0 unspecified atom stereocenters. The molecule has 0 saturated heterocycles. The Balaban J connectivity index is 1.10. The summed E-state index contributed by atoms with van der Waals surface area (Å²) >= 11 is 0. The molecule has 0 radical (unpaired) electrons. The Labute approximate surface area is 287 Å². The summed E-state index contributed by atoms with van der Waals surface area (Å²) < 4.78 is 4.50. The maximum atomic E-state index is 4.90. The van der Waals surface area contributed by atoms with Gasteiger partial charge in [-0.15, -0.1) is 0 Å². The van der Waals surface area contributed by atoms with Crippen LogP contribution >= 0.6 is 0 Å². The van der Waals surface area contributed by atoms with E-state index in [1.54, 1.807) is 24.7 Å². The Morgan fingerprint density at radius 3 is 1.58 bits per heavy atom. The molecule has 0 aliphatic heterocycles. The van der Waals surface area contributed by atoms with Crippen molar-refractivity contribution in [3.63, 3.8) is 0 Å². The number of aromatic nitrogens is 6. The zero-order valence-corrected chi connectivity index (χ0v) is 26.8. The van der Waals surface area contributed by atoms with Gasteiger partial charge >= 0.3 is 0 Å². The zero-order chi connectivity index (χ0) is 33.0. The zero-order valence-electron chi connectivity index (χ0n) is 26.8. The SMILES string of the molecule is c1ccc(-c2ccc(-n3c4ccccc4c4cc(-c5ccc6c(c5)c5ccccc5n6-c5nccc(-c6ncccn6)n5)ccc43)cc2)cc1. The Morgan fingerprint density at radius 1 is 0.360 bits per heavy atom. The van der Waals surface area contributed by atoms with E-state index in [0.717, 1.165) is 38.6 Å². The van der Waals surface area contributed by atoms with Gasteiger partial charge in [0.25, 0.3) is 0 Å². The van der Waals surface area contributed by atoms with E-state index in [-0.39, 0.29) is 0 Å². The Hall–Kier alpha value is -6.92. The Kier molecular flexibility index (Phi) is 6.39. The van der Waals surface area contributed by atoms with Crippen LogP contribution in [0.4, 0.5) is 0 Å². The van der Waals surface area contributed by atoms with Crippen LogP contribution in [-0.2, 0) is 0 Å². The first kappa shape index (κ1) is 28.1. The average Bonchev–Trinajstić information content (AvgIpc) is 3.71. The summed E-state index contributed by atoms with van der Waals surface area (Å²) in [4.78, 5) is 18.4. The molecule has 0 saturated carbocycles. The van der Waals surface area contributed by atoms with Crippen molar-refractivity contribution in [1.29, 1.82) is 0 Å². The van der Waals surface area contributed by atoms with Crippen molar-refractivity contribution < 1.29 is 0 Å². The molecule has 4 heterocycles. The molecule has 0 bridgehead atoms. The summed E-state index contributed by atoms with van der Waals surface area (Å²) in [6, 6.07) is 53.6. The van der Waals surface area contributed by atoms with Gasteiger partial charge < -0.3 is 4.57 Å². The third-order valence-electron chi connectivity index (χ3n) is 9.55. The smallest absolute Gasteiger partial charge is 0.235 e. The highest BCUT2D eigenvalue weighted by Crippen LogP contribution is 2.38. The van der Waals surface area contributed by atoms with Crippen molar-refractivity contribution in [3.8, 4) is 45.4 Å². The van der Waals surface area contributed by atoms with E-state index in [1.807, 2.05) is 6.07 Å². The Bertz CT molecular complexity index is 2850. The lowest BCUT2D eigenvalue weighted by Gasteiger charge is -2.10. The summed E-state index contributed by atoms with van der Waals surface area (Å²) in [5, 5.41) is 4.74. The van der Waals surface area contributed by atoms with E-state index in [1.165, 1.54) is 32.9 Å². The van der Waals surface area contributed by atoms with E-state index >= 15 is 0 Å². The van der Waals surface area contributed by atoms with Gasteiger partial charge in [-0.2, -0.15) is 0 Å². The van der Waals surface area contributed by atoms with Crippen molar-refractivity contribution in [2.24, 2.45) is 0 Å². The molecule has 4 aromatic heterocycles. The predicted octanol–water partition coefficient (Wildman–Crippen LogP) is 10.5. The minimum atomic E-state index is 0.570. The molecule has 50 heavy (non-hydrogen) atoms. The quantitative estimate of drug-likeness (QED) is 0.188. The largest absolute Gasteiger partial charge is 0.309 e. The first-order valence-electron chi connectivity index (χ1n) is 16.6. The van der Waals surface area contributed by atoms with Crippen molar-refractivity contribution in [2.45, 2.75) is 0 Å². The van der Waals surface area contributed by atoms with Crippen LogP contribution in [0.5, 0.6) is 0 Å². The van der Waals surface area contributed by atoms with Crippen LogP contribution in [0, 0.1) is 0 Å². The first-order valence-corrected chi connectivity index (χ1v) is 16.6. The molecule has 0 aliphatic carbocycles. The number of hydrogen-bond acceptors (Lipinski definition) is 4. The minimum absolute atomic E-state index is 0.570. The molecule has 0 amide bonds. The van der Waals surface area contributed by atoms with Gasteiger partial charge in [-0.3, -0.25) is 4.57 Å². The van der Waals surface area contributed by atoms with Crippen molar-refractivity contribution in [3.05, 3.63) is 170 Å². The molecule has 6 nitrogen and oxygen atoms in total. The summed E-state index contributed by atoms with van der Waals surface area (Å²) in [6.45, 7) is 0. The van der Waals surface area contributed by atoms with Gasteiger partial charge in [-0.05, 0) is 82.9 Å². The number of hydrogen-bond donors (Lipinski definition) is 0. The maximum absolute atomic E-state index is 4.90. The summed E-state index contributed by atoms with van der Waals surface area (Å²) in [5.74, 6) is 1.15. The maximum Gasteiger partial charge on any atom is 0.235 e. The minimum Gasteiger partial charge on any atom is -0.309 e. The van der Waals surface area contributed by atoms with E-state index < -0.39 is 0 Å². The molecule has 0 fully saturated rings. The monoisotopic (exact) mass is 640 g/mol. The van der Waals surface area contributed by atoms with Crippen molar-refractivity contribution >= 4 is 43.6 Å². The Morgan fingerprint density at radius 2 is 0.900 bits per heavy atom. The van der Waals surface area contributed by atoms with Crippen LogP contribution in [0.15, 0.2) is 170 Å². The lowest BCUT2D eigenvalue weighted by Crippen LogP contribution is -2.02. The van der Waals surface area contributed by atoms with Crippen LogP contribution < -0.4 is 0 Å². The first-order chi connectivity index (χ1) is 24.8. The van der Waals surface area contributed by atoms with Crippen LogP contribution in [0.3, 0.4) is 0 Å². The van der Waals surface area contributed by atoms with Crippen molar-refractivity contribution in [2.75, 3.05) is 0 Å². The fourth-order valence-corrected chi connectivity index (χ4v) is 7.24. The van der Waals surface area contributed by atoms with Gasteiger partial charge in [-0.25, -0.2) is 19.9 Å². The van der Waals surface area contributed by atoms with E-state index in [9.17, 15) is 0 Å². The third kappa shape index (κ3) is 4.50. The topological polar surface area (TPSA) is 61.4 Å². The molecule has 0 atom stereocenters. The van der Waals surface area contributed by atoms with Gasteiger partial charge in [0, 0.05) is 45.8 Å². The lowest BCUT2D eigenvalue weighted by atomic mass is 10.0. The second-order valence-corrected chi connectivity index (χ2v) is 12.4. The fraction of sp³-hybridized carbons (Fsp3) is 0. The molecule has 234 valence electrons. The van der Waals surface area contributed by atoms with E-state index in [2.05, 4.69) is 159 Å². The number of nitrogens with zero attached hydrogens (tertiary/aromatic N) is 6. The highest BCUT2D eigenvalue weighted by Gasteiger charge is 2.17. The second-order valence-electron chi connectivity index (χ2n) is 12.4. The third-order valence-corrected chi connectivity index (χ3v) is 9.55. The fourth-order valence-electron chi connectivity index (χ4n) is 7.24. The number of rotatable bonds is 5. The van der Waals surface area contributed by atoms with Gasteiger partial charge in [0.05, 0.1) is 22.1 Å². The molecule has 0 spiro atoms. The normalized spacial score (nSPS) is 11.6. The second kappa shape index (κ2) is 11.4. The molecule has 10 rings (SSSR count). The van der Waals surface area contributed by atoms with Gasteiger partial charge in [0.15, 0.2) is 5.82 Å². The summed E-state index contributed by atoms with van der Waals surface area (Å²) in [6.07, 6.45) is 5.22. The summed E-state index contributed by atoms with van der Waals surface area (Å²) in [5.41, 5.74) is 11.0. The molecule has 0 aliphatic rings. The van der Waals surface area contributed by atoms with Crippen LogP contribution in [0.25, 0.3) is 89.0 Å². The van der Waals surface area contributed by atoms with E-state index in [4.69, 9.17) is 9.97 Å². The number of benzene rings is 6. The molecular formula is C44H28N6. The highest BCUT2D eigenvalue weighted by molar-refractivity contribution is 6.12. The van der Waals surface area contributed by atoms with Crippen LogP contribution in [0.1, 0.15) is 0 Å². The van der Waals surface area contributed by atoms with Gasteiger partial charge in [0.2, 0.25) is 5.95 Å². The molecule has 10 aromatic rings. The summed E-state index contributed by atoms with van der Waals surface area (Å²) in [7, 11) is 0. The lowest BCUT2D eigenvalue weighted by molar-refractivity contribution is 0.981. The molecule has 6 aromatic carbocycles.